The molecule has 2 aromatic carbocycles. The van der Waals surface area contributed by atoms with Crippen molar-refractivity contribution in [3.63, 3.8) is 0 Å². The number of rotatable bonds is 4. The van der Waals surface area contributed by atoms with Gasteiger partial charge in [0.25, 0.3) is 0 Å². The number of amides is 1. The molecule has 120 valence electrons. The third-order valence-electron chi connectivity index (χ3n) is 3.97. The monoisotopic (exact) mass is 374 g/mol. The van der Waals surface area contributed by atoms with E-state index in [0.717, 1.165) is 46.5 Å². The molecule has 0 unspecified atom stereocenters. The summed E-state index contributed by atoms with van der Waals surface area (Å²) in [6.07, 6.45) is 2.22. The Hall–Kier alpha value is -2.01. The van der Waals surface area contributed by atoms with Gasteiger partial charge in [0.15, 0.2) is 0 Å². The van der Waals surface area contributed by atoms with E-state index in [0.29, 0.717) is 13.0 Å². The average Bonchev–Trinajstić information content (AvgIpc) is 2.55. The van der Waals surface area contributed by atoms with Crippen LogP contribution in [0.3, 0.4) is 0 Å². The Morgan fingerprint density at radius 2 is 2.09 bits per heavy atom. The molecular formula is C18H19BrN2O2. The molecule has 2 aromatic rings. The van der Waals surface area contributed by atoms with Crippen molar-refractivity contribution in [3.8, 4) is 5.75 Å². The topological polar surface area (TPSA) is 55.6 Å². The number of nitrogen functional groups attached to an aromatic ring is 1. The molecular weight excluding hydrogens is 356 g/mol. The molecule has 1 aliphatic heterocycles. The van der Waals surface area contributed by atoms with Gasteiger partial charge in [0.05, 0.1) is 13.0 Å². The fraction of sp³-hybridized carbons (Fsp3) is 0.278. The number of carbonyl (C=O) groups excluding carboxylic acids is 1. The minimum Gasteiger partial charge on any atom is -0.493 e. The van der Waals surface area contributed by atoms with Gasteiger partial charge in [-0.2, -0.15) is 0 Å². The lowest BCUT2D eigenvalue weighted by atomic mass is 9.99. The van der Waals surface area contributed by atoms with E-state index in [1.165, 1.54) is 0 Å². The van der Waals surface area contributed by atoms with Gasteiger partial charge in [-0.05, 0) is 48.7 Å². The summed E-state index contributed by atoms with van der Waals surface area (Å²) < 4.78 is 6.62. The Labute approximate surface area is 144 Å². The lowest BCUT2D eigenvalue weighted by Crippen LogP contribution is -2.36. The van der Waals surface area contributed by atoms with Crippen molar-refractivity contribution in [2.75, 3.05) is 23.8 Å². The first kappa shape index (κ1) is 15.9. The average molecular weight is 375 g/mol. The highest BCUT2D eigenvalue weighted by atomic mass is 79.9. The zero-order chi connectivity index (χ0) is 16.2. The summed E-state index contributed by atoms with van der Waals surface area (Å²) in [5.74, 6) is 0.835. The molecule has 1 aliphatic rings. The Balaban J connectivity index is 1.62. The Bertz CT molecular complexity index is 718. The smallest absolute Gasteiger partial charge is 0.230 e. The number of hydrogen-bond acceptors (Lipinski definition) is 3. The number of hydrogen-bond donors (Lipinski definition) is 1. The minimum absolute atomic E-state index is 0.0755. The zero-order valence-electron chi connectivity index (χ0n) is 12.8. The van der Waals surface area contributed by atoms with E-state index in [-0.39, 0.29) is 5.91 Å². The quantitative estimate of drug-likeness (QED) is 0.828. The van der Waals surface area contributed by atoms with Gasteiger partial charge in [-0.15, -0.1) is 0 Å². The number of halogens is 1. The summed E-state index contributed by atoms with van der Waals surface area (Å²) in [6.45, 7) is 1.11. The lowest BCUT2D eigenvalue weighted by Gasteiger charge is -2.30. The Morgan fingerprint density at radius 1 is 1.26 bits per heavy atom. The van der Waals surface area contributed by atoms with Crippen molar-refractivity contribution in [1.29, 1.82) is 0 Å². The van der Waals surface area contributed by atoms with Crippen molar-refractivity contribution in [2.45, 2.75) is 19.3 Å². The van der Waals surface area contributed by atoms with Crippen LogP contribution < -0.4 is 15.4 Å². The molecule has 0 fully saturated rings. The highest BCUT2D eigenvalue weighted by molar-refractivity contribution is 9.10. The number of carbonyl (C=O) groups is 1. The zero-order valence-corrected chi connectivity index (χ0v) is 14.4. The highest BCUT2D eigenvalue weighted by Gasteiger charge is 2.23. The summed E-state index contributed by atoms with van der Waals surface area (Å²) in [5.41, 5.74) is 8.83. The van der Waals surface area contributed by atoms with Crippen molar-refractivity contribution < 1.29 is 9.53 Å². The Kier molecular flexibility index (Phi) is 4.86. The standard InChI is InChI=1S/C18H19BrN2O2/c19-13-4-1-5-14(12-13)23-11-9-18(22)21-10-3-6-15-16(20)7-2-8-17(15)21/h1-2,4-5,7-8,12H,3,6,9-11,20H2. The van der Waals surface area contributed by atoms with Crippen LogP contribution in [0.2, 0.25) is 0 Å². The highest BCUT2D eigenvalue weighted by Crippen LogP contribution is 2.31. The maximum absolute atomic E-state index is 12.5. The van der Waals surface area contributed by atoms with Crippen LogP contribution in [0.5, 0.6) is 5.75 Å². The number of anilines is 2. The first-order valence-electron chi connectivity index (χ1n) is 7.71. The summed E-state index contributed by atoms with van der Waals surface area (Å²) in [5, 5.41) is 0. The van der Waals surface area contributed by atoms with Gasteiger partial charge >= 0.3 is 0 Å². The van der Waals surface area contributed by atoms with E-state index < -0.39 is 0 Å². The largest absolute Gasteiger partial charge is 0.493 e. The van der Waals surface area contributed by atoms with Gasteiger partial charge in [-0.25, -0.2) is 0 Å². The number of ether oxygens (including phenoxy) is 1. The Morgan fingerprint density at radius 3 is 2.91 bits per heavy atom. The molecule has 0 radical (unpaired) electrons. The number of fused-ring (bicyclic) bond motifs is 1. The molecule has 0 saturated carbocycles. The molecule has 5 heteroatoms. The van der Waals surface area contributed by atoms with Crippen LogP contribution in [0.15, 0.2) is 46.9 Å². The van der Waals surface area contributed by atoms with Crippen LogP contribution in [0, 0.1) is 0 Å². The fourth-order valence-corrected chi connectivity index (χ4v) is 3.24. The van der Waals surface area contributed by atoms with E-state index in [1.54, 1.807) is 0 Å². The second-order valence-electron chi connectivity index (χ2n) is 5.55. The molecule has 2 N–H and O–H groups in total. The second-order valence-corrected chi connectivity index (χ2v) is 6.47. The van der Waals surface area contributed by atoms with E-state index in [2.05, 4.69) is 15.9 Å². The van der Waals surface area contributed by atoms with Gasteiger partial charge < -0.3 is 15.4 Å². The molecule has 0 saturated heterocycles. The predicted octanol–water partition coefficient (Wildman–Crippen LogP) is 3.78. The van der Waals surface area contributed by atoms with Gasteiger partial charge in [0.2, 0.25) is 5.91 Å². The van der Waals surface area contributed by atoms with Crippen LogP contribution in [-0.2, 0) is 11.2 Å². The number of benzene rings is 2. The van der Waals surface area contributed by atoms with E-state index in [4.69, 9.17) is 10.5 Å². The van der Waals surface area contributed by atoms with E-state index >= 15 is 0 Å². The fourth-order valence-electron chi connectivity index (χ4n) is 2.86. The van der Waals surface area contributed by atoms with Crippen molar-refractivity contribution in [3.05, 3.63) is 52.5 Å². The van der Waals surface area contributed by atoms with E-state index in [1.807, 2.05) is 47.4 Å². The van der Waals surface area contributed by atoms with Crippen LogP contribution in [0.1, 0.15) is 18.4 Å². The third-order valence-corrected chi connectivity index (χ3v) is 4.46. The van der Waals surface area contributed by atoms with Crippen LogP contribution in [-0.4, -0.2) is 19.1 Å². The SMILES string of the molecule is Nc1cccc2c1CCCN2C(=O)CCOc1cccc(Br)c1. The van der Waals surface area contributed by atoms with Crippen molar-refractivity contribution in [2.24, 2.45) is 0 Å². The van der Waals surface area contributed by atoms with Gasteiger partial charge in [0.1, 0.15) is 5.75 Å². The summed E-state index contributed by atoms with van der Waals surface area (Å²) in [7, 11) is 0. The summed E-state index contributed by atoms with van der Waals surface area (Å²) >= 11 is 3.40. The third kappa shape index (κ3) is 3.67. The summed E-state index contributed by atoms with van der Waals surface area (Å²) in [4.78, 5) is 14.4. The number of nitrogens with zero attached hydrogens (tertiary/aromatic N) is 1. The number of nitrogens with two attached hydrogens (primary N) is 1. The van der Waals surface area contributed by atoms with Crippen LogP contribution in [0.25, 0.3) is 0 Å². The summed E-state index contributed by atoms with van der Waals surface area (Å²) in [6, 6.07) is 13.4. The first-order valence-corrected chi connectivity index (χ1v) is 8.50. The molecule has 0 aromatic heterocycles. The lowest BCUT2D eigenvalue weighted by molar-refractivity contribution is -0.119. The molecule has 1 amide bonds. The molecule has 0 aliphatic carbocycles. The minimum atomic E-state index is 0.0755. The van der Waals surface area contributed by atoms with Gasteiger partial charge in [-0.3, -0.25) is 4.79 Å². The predicted molar refractivity (Wildman–Crippen MR) is 95.8 cm³/mol. The second kappa shape index (κ2) is 7.04. The molecule has 23 heavy (non-hydrogen) atoms. The van der Waals surface area contributed by atoms with Crippen LogP contribution in [0.4, 0.5) is 11.4 Å². The molecule has 0 spiro atoms. The van der Waals surface area contributed by atoms with Crippen molar-refractivity contribution >= 4 is 33.2 Å². The van der Waals surface area contributed by atoms with E-state index in [9.17, 15) is 4.79 Å². The van der Waals surface area contributed by atoms with Crippen LogP contribution >= 0.6 is 15.9 Å². The van der Waals surface area contributed by atoms with Gasteiger partial charge in [-0.1, -0.05) is 28.1 Å². The van der Waals surface area contributed by atoms with Crippen molar-refractivity contribution in [1.82, 2.24) is 0 Å². The van der Waals surface area contributed by atoms with Gasteiger partial charge in [0, 0.05) is 22.4 Å². The molecule has 3 rings (SSSR count). The maximum Gasteiger partial charge on any atom is 0.230 e. The molecule has 0 atom stereocenters. The molecule has 1 heterocycles. The molecule has 0 bridgehead atoms. The normalized spacial score (nSPS) is 13.5. The first-order chi connectivity index (χ1) is 11.1. The maximum atomic E-state index is 12.5. The molecule has 4 nitrogen and oxygen atoms in total.